The lowest BCUT2D eigenvalue weighted by Crippen LogP contribution is -2.55. The lowest BCUT2D eigenvalue weighted by molar-refractivity contribution is -0.143. The first-order valence-corrected chi connectivity index (χ1v) is 10.3. The summed E-state index contributed by atoms with van der Waals surface area (Å²) in [5, 5.41) is 6.94. The molecule has 2 saturated heterocycles. The van der Waals surface area contributed by atoms with Crippen LogP contribution in [-0.2, 0) is 16.0 Å². The molecule has 1 N–H and O–H groups in total. The summed E-state index contributed by atoms with van der Waals surface area (Å²) in [4.78, 5) is 33.4. The monoisotopic (exact) mass is 375 g/mol. The van der Waals surface area contributed by atoms with Crippen LogP contribution in [0.1, 0.15) is 64.0 Å². The number of carbonyl (C=O) groups is 2. The van der Waals surface area contributed by atoms with E-state index in [0.717, 1.165) is 57.7 Å². The maximum atomic E-state index is 12.7. The minimum Gasteiger partial charge on any atom is -0.342 e. The van der Waals surface area contributed by atoms with Crippen molar-refractivity contribution in [3.63, 3.8) is 0 Å². The molecule has 2 aliphatic rings. The van der Waals surface area contributed by atoms with Crippen LogP contribution in [0.15, 0.2) is 0 Å². The van der Waals surface area contributed by atoms with E-state index in [2.05, 4.69) is 29.0 Å². The van der Waals surface area contributed by atoms with Crippen molar-refractivity contribution in [3.05, 3.63) is 11.6 Å². The largest absolute Gasteiger partial charge is 0.342 e. The van der Waals surface area contributed by atoms with Crippen LogP contribution in [0.3, 0.4) is 0 Å². The minimum absolute atomic E-state index is 0.0833. The van der Waals surface area contributed by atoms with Crippen molar-refractivity contribution >= 4 is 11.8 Å². The zero-order chi connectivity index (χ0) is 19.4. The molecule has 7 heteroatoms. The topological polar surface area (TPSA) is 82.2 Å². The third-order valence-corrected chi connectivity index (χ3v) is 5.94. The zero-order valence-corrected chi connectivity index (χ0v) is 17.0. The second kappa shape index (κ2) is 8.40. The molecule has 1 aromatic heterocycles. The molecular formula is C20H33N5O2. The predicted octanol–water partition coefficient (Wildman–Crippen LogP) is 2.32. The highest BCUT2D eigenvalue weighted by Gasteiger charge is 2.42. The molecule has 2 amide bonds. The number of aromatic nitrogens is 3. The van der Waals surface area contributed by atoms with E-state index < -0.39 is 0 Å². The molecule has 0 saturated carbocycles. The molecule has 0 aromatic carbocycles. The van der Waals surface area contributed by atoms with Gasteiger partial charge in [-0.15, -0.1) is 0 Å². The van der Waals surface area contributed by atoms with E-state index in [4.69, 9.17) is 0 Å². The van der Waals surface area contributed by atoms with Crippen LogP contribution in [0.4, 0.5) is 0 Å². The Morgan fingerprint density at radius 3 is 2.81 bits per heavy atom. The molecule has 0 radical (unpaired) electrons. The second-order valence-electron chi connectivity index (χ2n) is 8.75. The van der Waals surface area contributed by atoms with Gasteiger partial charge in [-0.1, -0.05) is 13.8 Å². The number of amides is 2. The van der Waals surface area contributed by atoms with Crippen LogP contribution in [-0.4, -0.2) is 63.0 Å². The summed E-state index contributed by atoms with van der Waals surface area (Å²) in [5.41, 5.74) is 0.0833. The summed E-state index contributed by atoms with van der Waals surface area (Å²) in [6.45, 7) is 9.51. The van der Waals surface area contributed by atoms with Gasteiger partial charge in [0.05, 0.1) is 0 Å². The van der Waals surface area contributed by atoms with Crippen LogP contribution in [0.5, 0.6) is 0 Å². The maximum Gasteiger partial charge on any atom is 0.223 e. The van der Waals surface area contributed by atoms with Crippen molar-refractivity contribution in [1.82, 2.24) is 25.0 Å². The van der Waals surface area contributed by atoms with E-state index in [1.807, 2.05) is 16.7 Å². The molecule has 0 aliphatic carbocycles. The molecule has 0 unspecified atom stereocenters. The van der Waals surface area contributed by atoms with Gasteiger partial charge in [-0.2, -0.15) is 5.10 Å². The maximum absolute atomic E-state index is 12.7. The fraction of sp³-hybridized carbons (Fsp3) is 0.800. The lowest BCUT2D eigenvalue weighted by atomic mass is 9.73. The first kappa shape index (κ1) is 19.8. The van der Waals surface area contributed by atoms with Crippen LogP contribution >= 0.6 is 0 Å². The van der Waals surface area contributed by atoms with Gasteiger partial charge in [0.1, 0.15) is 5.82 Å². The highest BCUT2D eigenvalue weighted by molar-refractivity contribution is 5.78. The van der Waals surface area contributed by atoms with Gasteiger partial charge in [0.2, 0.25) is 11.8 Å². The molecule has 1 aromatic rings. The number of H-pyrrole nitrogens is 1. The molecule has 27 heavy (non-hydrogen) atoms. The van der Waals surface area contributed by atoms with E-state index >= 15 is 0 Å². The Labute approximate surface area is 161 Å². The Morgan fingerprint density at radius 1 is 1.30 bits per heavy atom. The van der Waals surface area contributed by atoms with Gasteiger partial charge in [0, 0.05) is 50.9 Å². The summed E-state index contributed by atoms with van der Waals surface area (Å²) in [5.74, 6) is 2.55. The summed E-state index contributed by atoms with van der Waals surface area (Å²) >= 11 is 0. The average Bonchev–Trinajstić information content (AvgIpc) is 3.06. The first-order valence-electron chi connectivity index (χ1n) is 10.3. The number of aromatic amines is 1. The fourth-order valence-corrected chi connectivity index (χ4v) is 4.35. The second-order valence-corrected chi connectivity index (χ2v) is 8.75. The highest BCUT2D eigenvalue weighted by atomic mass is 16.2. The SMILES string of the molecule is Cc1nc(CCC(=O)N2CCC[C@@]3(CCC(=O)N(CCC(C)C)C3)C2)n[nH]1. The van der Waals surface area contributed by atoms with E-state index in [1.165, 1.54) is 0 Å². The number of hydrogen-bond donors (Lipinski definition) is 1. The molecular weight excluding hydrogens is 342 g/mol. The number of hydrogen-bond acceptors (Lipinski definition) is 4. The number of nitrogens with zero attached hydrogens (tertiary/aromatic N) is 4. The summed E-state index contributed by atoms with van der Waals surface area (Å²) in [6.07, 6.45) is 5.74. The van der Waals surface area contributed by atoms with Crippen molar-refractivity contribution in [1.29, 1.82) is 0 Å². The number of rotatable bonds is 6. The van der Waals surface area contributed by atoms with Gasteiger partial charge in [-0.25, -0.2) is 4.98 Å². The Morgan fingerprint density at radius 2 is 2.11 bits per heavy atom. The Balaban J connectivity index is 1.57. The zero-order valence-electron chi connectivity index (χ0n) is 17.0. The fourth-order valence-electron chi connectivity index (χ4n) is 4.35. The van der Waals surface area contributed by atoms with Gasteiger partial charge in [0.25, 0.3) is 0 Å². The van der Waals surface area contributed by atoms with Gasteiger partial charge < -0.3 is 9.80 Å². The smallest absolute Gasteiger partial charge is 0.223 e. The molecule has 150 valence electrons. The number of carbonyl (C=O) groups excluding carboxylic acids is 2. The predicted molar refractivity (Wildman–Crippen MR) is 103 cm³/mol. The Kier molecular flexibility index (Phi) is 6.17. The van der Waals surface area contributed by atoms with Crippen molar-refractivity contribution in [3.8, 4) is 0 Å². The highest BCUT2D eigenvalue weighted by Crippen LogP contribution is 2.39. The van der Waals surface area contributed by atoms with E-state index in [-0.39, 0.29) is 17.2 Å². The van der Waals surface area contributed by atoms with Gasteiger partial charge in [-0.3, -0.25) is 14.7 Å². The average molecular weight is 376 g/mol. The van der Waals surface area contributed by atoms with E-state index in [1.54, 1.807) is 0 Å². The molecule has 1 atom stereocenters. The third-order valence-electron chi connectivity index (χ3n) is 5.94. The van der Waals surface area contributed by atoms with Crippen LogP contribution < -0.4 is 0 Å². The number of likely N-dealkylation sites (tertiary alicyclic amines) is 2. The number of piperidine rings is 2. The van der Waals surface area contributed by atoms with Gasteiger partial charge in [-0.05, 0) is 38.5 Å². The number of aryl methyl sites for hydroxylation is 2. The lowest BCUT2D eigenvalue weighted by Gasteiger charge is -2.48. The Hall–Kier alpha value is -1.92. The molecule has 1 spiro atoms. The van der Waals surface area contributed by atoms with Crippen LogP contribution in [0.2, 0.25) is 0 Å². The molecule has 2 fully saturated rings. The van der Waals surface area contributed by atoms with E-state index in [0.29, 0.717) is 31.0 Å². The molecule has 0 bridgehead atoms. The van der Waals surface area contributed by atoms with Crippen molar-refractivity contribution in [2.75, 3.05) is 26.2 Å². The molecule has 3 heterocycles. The first-order chi connectivity index (χ1) is 12.9. The number of nitrogens with one attached hydrogen (secondary N) is 1. The third kappa shape index (κ3) is 5.08. The molecule has 3 rings (SSSR count). The van der Waals surface area contributed by atoms with Gasteiger partial charge >= 0.3 is 0 Å². The van der Waals surface area contributed by atoms with Crippen molar-refractivity contribution in [2.24, 2.45) is 11.3 Å². The van der Waals surface area contributed by atoms with Crippen LogP contribution in [0, 0.1) is 18.3 Å². The Bertz CT molecular complexity index is 671. The van der Waals surface area contributed by atoms with Crippen LogP contribution in [0.25, 0.3) is 0 Å². The summed E-state index contributed by atoms with van der Waals surface area (Å²) < 4.78 is 0. The minimum atomic E-state index is 0.0833. The van der Waals surface area contributed by atoms with E-state index in [9.17, 15) is 9.59 Å². The van der Waals surface area contributed by atoms with Crippen molar-refractivity contribution in [2.45, 2.75) is 65.7 Å². The summed E-state index contributed by atoms with van der Waals surface area (Å²) in [6, 6.07) is 0. The summed E-state index contributed by atoms with van der Waals surface area (Å²) in [7, 11) is 0. The molecule has 2 aliphatic heterocycles. The quantitative estimate of drug-likeness (QED) is 0.827. The standard InChI is InChI=1S/C20H33N5O2/c1-15(2)8-12-25-14-20(10-7-19(25)27)9-4-11-24(13-20)18(26)6-5-17-21-16(3)22-23-17/h15H,4-14H2,1-3H3,(H,21,22,23)/t20-/m1/s1. The van der Waals surface area contributed by atoms with Gasteiger partial charge in [0.15, 0.2) is 5.82 Å². The molecule has 7 nitrogen and oxygen atoms in total. The van der Waals surface area contributed by atoms with Crippen molar-refractivity contribution < 1.29 is 9.59 Å². The normalized spacial score (nSPS) is 23.5.